The summed E-state index contributed by atoms with van der Waals surface area (Å²) in [5.74, 6) is 0.458. The van der Waals surface area contributed by atoms with Gasteiger partial charge in [-0.2, -0.15) is 0 Å². The van der Waals surface area contributed by atoms with Crippen LogP contribution in [0.4, 0.5) is 5.69 Å². The molecule has 2 aliphatic heterocycles. The summed E-state index contributed by atoms with van der Waals surface area (Å²) in [6.07, 6.45) is 0.897. The Kier molecular flexibility index (Phi) is 5.43. The van der Waals surface area contributed by atoms with Gasteiger partial charge in [-0.1, -0.05) is 62.4 Å². The van der Waals surface area contributed by atoms with E-state index in [0.717, 1.165) is 28.3 Å². The van der Waals surface area contributed by atoms with Gasteiger partial charge in [0.2, 0.25) is 11.1 Å². The van der Waals surface area contributed by atoms with Gasteiger partial charge in [-0.05, 0) is 58.3 Å². The van der Waals surface area contributed by atoms with Crippen molar-refractivity contribution >= 4 is 39.9 Å². The summed E-state index contributed by atoms with van der Waals surface area (Å²) in [6, 6.07) is 22.0. The number of carbonyl (C=O) groups excluding carboxylic acids is 1. The van der Waals surface area contributed by atoms with Crippen LogP contribution in [0.15, 0.2) is 87.7 Å². The van der Waals surface area contributed by atoms with Crippen LogP contribution < -0.4 is 5.73 Å². The number of nitrogens with two attached hydrogens (primary N) is 1. The Morgan fingerprint density at radius 3 is 2.56 bits per heavy atom. The summed E-state index contributed by atoms with van der Waals surface area (Å²) >= 11 is 3.03. The van der Waals surface area contributed by atoms with Crippen molar-refractivity contribution in [1.29, 1.82) is 0 Å². The van der Waals surface area contributed by atoms with E-state index in [-0.39, 0.29) is 16.4 Å². The molecule has 0 saturated carbocycles. The lowest BCUT2D eigenvalue weighted by Crippen LogP contribution is -2.45. The van der Waals surface area contributed by atoms with Crippen molar-refractivity contribution in [1.82, 2.24) is 4.90 Å². The summed E-state index contributed by atoms with van der Waals surface area (Å²) in [5.41, 5.74) is 10.5. The molecule has 0 radical (unpaired) electrons. The highest BCUT2D eigenvalue weighted by molar-refractivity contribution is 8.17. The van der Waals surface area contributed by atoms with Crippen LogP contribution in [-0.2, 0) is 0 Å². The summed E-state index contributed by atoms with van der Waals surface area (Å²) in [6.45, 7) is 5.23. The zero-order valence-corrected chi connectivity index (χ0v) is 19.7. The van der Waals surface area contributed by atoms with Crippen molar-refractivity contribution in [3.8, 4) is 0 Å². The highest BCUT2D eigenvalue weighted by Crippen LogP contribution is 2.51. The number of carbonyl (C=O) groups is 1. The van der Waals surface area contributed by atoms with E-state index in [2.05, 4.69) is 42.3 Å². The van der Waals surface area contributed by atoms with E-state index in [9.17, 15) is 4.79 Å². The average molecular weight is 460 g/mol. The summed E-state index contributed by atoms with van der Waals surface area (Å²) in [7, 11) is 0. The van der Waals surface area contributed by atoms with Crippen LogP contribution in [-0.4, -0.2) is 22.5 Å². The van der Waals surface area contributed by atoms with Crippen LogP contribution >= 0.6 is 23.1 Å². The van der Waals surface area contributed by atoms with Gasteiger partial charge in [0.05, 0.1) is 10.7 Å². The fraction of sp³-hybridized carbons (Fsp3) is 0.231. The quantitative estimate of drug-likeness (QED) is 0.358. The minimum atomic E-state index is -0.0198. The van der Waals surface area contributed by atoms with E-state index in [1.54, 1.807) is 11.3 Å². The molecule has 1 atom stereocenters. The van der Waals surface area contributed by atoms with E-state index in [0.29, 0.717) is 12.5 Å². The Bertz CT molecular complexity index is 1210. The van der Waals surface area contributed by atoms with E-state index < -0.39 is 0 Å². The second kappa shape index (κ2) is 8.26. The Balaban J connectivity index is 1.70. The number of allylic oxidation sites excluding steroid dienone is 1. The molecule has 2 aromatic carbocycles. The van der Waals surface area contributed by atoms with Crippen LogP contribution in [0.1, 0.15) is 47.0 Å². The smallest absolute Gasteiger partial charge is 0.225 e. The predicted octanol–water partition coefficient (Wildman–Crippen LogP) is 6.36. The minimum absolute atomic E-state index is 0.0198. The first-order valence-electron chi connectivity index (χ1n) is 10.7. The zero-order valence-electron chi connectivity index (χ0n) is 18.1. The number of guanidine groups is 1. The van der Waals surface area contributed by atoms with Crippen molar-refractivity contribution in [2.24, 2.45) is 16.1 Å². The van der Waals surface area contributed by atoms with Gasteiger partial charge in [0.1, 0.15) is 0 Å². The van der Waals surface area contributed by atoms with Crippen LogP contribution in [0.25, 0.3) is 0 Å². The fourth-order valence-corrected chi connectivity index (χ4v) is 6.53. The van der Waals surface area contributed by atoms with Gasteiger partial charge in [0, 0.05) is 22.9 Å². The minimum Gasteiger partial charge on any atom is -0.369 e. The molecule has 3 heterocycles. The second-order valence-corrected chi connectivity index (χ2v) is 10.9. The van der Waals surface area contributed by atoms with Crippen molar-refractivity contribution in [3.63, 3.8) is 0 Å². The van der Waals surface area contributed by atoms with Gasteiger partial charge in [0.15, 0.2) is 0 Å². The molecule has 1 aromatic heterocycles. The maximum absolute atomic E-state index is 13.4. The van der Waals surface area contributed by atoms with Gasteiger partial charge in [-0.15, -0.1) is 11.3 Å². The molecule has 0 saturated heterocycles. The lowest BCUT2D eigenvalue weighted by Gasteiger charge is -2.42. The molecular formula is C26H25N3OS2. The molecule has 0 amide bonds. The van der Waals surface area contributed by atoms with Gasteiger partial charge in [-0.25, -0.2) is 4.99 Å². The van der Waals surface area contributed by atoms with E-state index in [1.807, 2.05) is 48.5 Å². The normalized spacial score (nSPS) is 20.6. The third-order valence-corrected chi connectivity index (χ3v) is 7.93. The first-order chi connectivity index (χ1) is 15.4. The number of nitrogens with zero attached hydrogens (tertiary/aromatic N) is 2. The Labute approximate surface area is 196 Å². The molecule has 2 N–H and O–H groups in total. The van der Waals surface area contributed by atoms with Crippen LogP contribution in [0.2, 0.25) is 0 Å². The zero-order chi connectivity index (χ0) is 22.3. The molecule has 3 aromatic rings. The molecule has 0 aliphatic carbocycles. The summed E-state index contributed by atoms with van der Waals surface area (Å²) in [5, 5.41) is 3.10. The number of thiophene rings is 1. The molecule has 5 rings (SSSR count). The Hall–Kier alpha value is -2.83. The number of fused-ring (bicyclic) bond motifs is 1. The summed E-state index contributed by atoms with van der Waals surface area (Å²) in [4.78, 5) is 21.4. The standard InChI is InChI=1S/C26H25N3OS2/c1-26(2)15-20-22(21-13-8-14-31-21)18-11-6-7-12-19(18)24(30)32-23(20)29(16-26)25(27)28-17-9-4-3-5-10-17/h3-14,22H,15-16H2,1-2H3,(H2,27,28). The first-order valence-corrected chi connectivity index (χ1v) is 12.4. The molecule has 32 heavy (non-hydrogen) atoms. The van der Waals surface area contributed by atoms with Crippen molar-refractivity contribution in [2.75, 3.05) is 6.54 Å². The third-order valence-electron chi connectivity index (χ3n) is 5.91. The molecular weight excluding hydrogens is 434 g/mol. The van der Waals surface area contributed by atoms with Gasteiger partial charge in [0.25, 0.3) is 0 Å². The largest absolute Gasteiger partial charge is 0.369 e. The molecule has 162 valence electrons. The van der Waals surface area contributed by atoms with Crippen molar-refractivity contribution in [3.05, 3.63) is 98.7 Å². The van der Waals surface area contributed by atoms with E-state index in [4.69, 9.17) is 10.7 Å². The first kappa shape index (κ1) is 21.0. The van der Waals surface area contributed by atoms with Crippen LogP contribution in [0.5, 0.6) is 0 Å². The number of para-hydroxylation sites is 1. The Morgan fingerprint density at radius 2 is 1.81 bits per heavy atom. The molecule has 2 aliphatic rings. The van der Waals surface area contributed by atoms with Gasteiger partial charge >= 0.3 is 0 Å². The average Bonchev–Trinajstić information content (AvgIpc) is 3.26. The lowest BCUT2D eigenvalue weighted by atomic mass is 9.75. The number of benzene rings is 2. The van der Waals surface area contributed by atoms with E-state index in [1.165, 1.54) is 22.2 Å². The summed E-state index contributed by atoms with van der Waals surface area (Å²) < 4.78 is 0. The van der Waals surface area contributed by atoms with Gasteiger partial charge in [-0.3, -0.25) is 4.79 Å². The van der Waals surface area contributed by atoms with Crippen LogP contribution in [0.3, 0.4) is 0 Å². The fourth-order valence-electron chi connectivity index (χ4n) is 4.59. The van der Waals surface area contributed by atoms with Crippen LogP contribution in [0, 0.1) is 5.41 Å². The number of thioether (sulfide) groups is 1. The molecule has 0 fully saturated rings. The van der Waals surface area contributed by atoms with E-state index >= 15 is 0 Å². The molecule has 0 bridgehead atoms. The number of rotatable bonds is 2. The number of hydrogen-bond acceptors (Lipinski definition) is 4. The van der Waals surface area contributed by atoms with Crippen molar-refractivity contribution < 1.29 is 4.79 Å². The number of aliphatic imine (C=N–C) groups is 1. The monoisotopic (exact) mass is 459 g/mol. The predicted molar refractivity (Wildman–Crippen MR) is 134 cm³/mol. The topological polar surface area (TPSA) is 58.7 Å². The van der Waals surface area contributed by atoms with Crippen molar-refractivity contribution in [2.45, 2.75) is 26.2 Å². The molecule has 0 spiro atoms. The Morgan fingerprint density at radius 1 is 1.06 bits per heavy atom. The highest BCUT2D eigenvalue weighted by Gasteiger charge is 2.41. The SMILES string of the molecule is CC1(C)CC2=C(SC(=O)c3ccccc3C2c2cccs2)N(C(N)=Nc2ccccc2)C1. The maximum atomic E-state index is 13.4. The molecule has 4 nitrogen and oxygen atoms in total. The maximum Gasteiger partial charge on any atom is 0.225 e. The lowest BCUT2D eigenvalue weighted by molar-refractivity contribution is 0.108. The molecule has 6 heteroatoms. The molecule has 1 unspecified atom stereocenters. The highest BCUT2D eigenvalue weighted by atomic mass is 32.2. The van der Waals surface area contributed by atoms with Gasteiger partial charge < -0.3 is 10.6 Å². The third kappa shape index (κ3) is 3.89. The second-order valence-electron chi connectivity index (χ2n) is 8.99. The number of hydrogen-bond donors (Lipinski definition) is 1.